The second-order valence-electron chi connectivity index (χ2n) is 6.51. The highest BCUT2D eigenvalue weighted by molar-refractivity contribution is 6.30. The van der Waals surface area contributed by atoms with Crippen molar-refractivity contribution in [3.63, 3.8) is 0 Å². The van der Waals surface area contributed by atoms with Gasteiger partial charge in [-0.05, 0) is 55.4 Å². The first-order chi connectivity index (χ1) is 9.93. The molecule has 2 rings (SSSR count). The van der Waals surface area contributed by atoms with Gasteiger partial charge in [0.25, 0.3) is 0 Å². The molecule has 2 atom stereocenters. The molecule has 1 saturated carbocycles. The number of nitrogens with one attached hydrogen (secondary N) is 1. The minimum atomic E-state index is -0.628. The van der Waals surface area contributed by atoms with E-state index in [-0.39, 0.29) is 5.91 Å². The minimum Gasteiger partial charge on any atom is -0.371 e. The van der Waals surface area contributed by atoms with Crippen LogP contribution in [0.4, 0.5) is 5.69 Å². The van der Waals surface area contributed by atoms with Crippen molar-refractivity contribution in [3.05, 3.63) is 29.3 Å². The summed E-state index contributed by atoms with van der Waals surface area (Å²) in [5.41, 5.74) is 6.02. The summed E-state index contributed by atoms with van der Waals surface area (Å²) >= 11 is 5.91. The molecule has 0 saturated heterocycles. The quantitative estimate of drug-likeness (QED) is 0.819. The van der Waals surface area contributed by atoms with Crippen LogP contribution in [0.15, 0.2) is 24.3 Å². The number of hydrogen-bond donors (Lipinski definition) is 2. The van der Waals surface area contributed by atoms with E-state index in [9.17, 15) is 4.79 Å². The molecule has 1 aliphatic carbocycles. The van der Waals surface area contributed by atoms with Crippen molar-refractivity contribution in [1.29, 1.82) is 0 Å². The standard InChI is InChI=1S/C17H25ClN2O/c1-12(2)13-4-3-10-17(11-9-13,16(19)21)20-15-7-5-14(18)6-8-15/h5-8,12-13,20H,3-4,9-11H2,1-2H3,(H2,19,21). The van der Waals surface area contributed by atoms with Crippen molar-refractivity contribution in [2.45, 2.75) is 51.5 Å². The molecule has 2 unspecified atom stereocenters. The average molecular weight is 309 g/mol. The van der Waals surface area contributed by atoms with Crippen molar-refractivity contribution < 1.29 is 4.79 Å². The van der Waals surface area contributed by atoms with Gasteiger partial charge in [-0.3, -0.25) is 4.79 Å². The van der Waals surface area contributed by atoms with E-state index in [0.29, 0.717) is 16.9 Å². The molecule has 1 aliphatic rings. The lowest BCUT2D eigenvalue weighted by Gasteiger charge is -2.32. The Labute approximate surface area is 132 Å². The molecule has 0 aliphatic heterocycles. The van der Waals surface area contributed by atoms with Crippen LogP contribution in [0.2, 0.25) is 5.02 Å². The van der Waals surface area contributed by atoms with Gasteiger partial charge >= 0.3 is 0 Å². The van der Waals surface area contributed by atoms with Gasteiger partial charge in [0.05, 0.1) is 0 Å². The maximum Gasteiger partial charge on any atom is 0.243 e. The van der Waals surface area contributed by atoms with E-state index >= 15 is 0 Å². The lowest BCUT2D eigenvalue weighted by molar-refractivity contribution is -0.122. The van der Waals surface area contributed by atoms with Crippen molar-refractivity contribution in [1.82, 2.24) is 0 Å². The highest BCUT2D eigenvalue weighted by Gasteiger charge is 2.38. The maximum absolute atomic E-state index is 12.1. The smallest absolute Gasteiger partial charge is 0.243 e. The zero-order valence-corrected chi connectivity index (χ0v) is 13.6. The number of benzene rings is 1. The summed E-state index contributed by atoms with van der Waals surface area (Å²) in [6, 6.07) is 7.45. The fourth-order valence-electron chi connectivity index (χ4n) is 3.28. The lowest BCUT2D eigenvalue weighted by Crippen LogP contribution is -2.50. The van der Waals surface area contributed by atoms with E-state index in [1.165, 1.54) is 6.42 Å². The van der Waals surface area contributed by atoms with Crippen LogP contribution in [-0.2, 0) is 4.79 Å². The summed E-state index contributed by atoms with van der Waals surface area (Å²) in [5, 5.41) is 4.08. The molecule has 1 aromatic rings. The van der Waals surface area contributed by atoms with Gasteiger partial charge in [0.15, 0.2) is 0 Å². The molecular formula is C17H25ClN2O. The van der Waals surface area contributed by atoms with Gasteiger partial charge in [-0.25, -0.2) is 0 Å². The highest BCUT2D eigenvalue weighted by atomic mass is 35.5. The Balaban J connectivity index is 2.17. The van der Waals surface area contributed by atoms with Gasteiger partial charge < -0.3 is 11.1 Å². The third-order valence-corrected chi connectivity index (χ3v) is 5.01. The number of carbonyl (C=O) groups excluding carboxylic acids is 1. The lowest BCUT2D eigenvalue weighted by atomic mass is 9.86. The summed E-state index contributed by atoms with van der Waals surface area (Å²) < 4.78 is 0. The molecule has 116 valence electrons. The molecule has 1 fully saturated rings. The van der Waals surface area contributed by atoms with Crippen LogP contribution >= 0.6 is 11.6 Å². The third-order valence-electron chi connectivity index (χ3n) is 4.76. The molecular weight excluding hydrogens is 284 g/mol. The second kappa shape index (κ2) is 6.69. The topological polar surface area (TPSA) is 55.1 Å². The predicted molar refractivity (Wildman–Crippen MR) is 88.4 cm³/mol. The predicted octanol–water partition coefficient (Wildman–Crippen LogP) is 4.21. The first kappa shape index (κ1) is 16.2. The van der Waals surface area contributed by atoms with Crippen molar-refractivity contribution >= 4 is 23.2 Å². The van der Waals surface area contributed by atoms with E-state index in [1.807, 2.05) is 24.3 Å². The van der Waals surface area contributed by atoms with Crippen molar-refractivity contribution in [2.24, 2.45) is 17.6 Å². The van der Waals surface area contributed by atoms with Crippen LogP contribution in [0.3, 0.4) is 0 Å². The second-order valence-corrected chi connectivity index (χ2v) is 6.95. The number of carbonyl (C=O) groups is 1. The molecule has 0 aromatic heterocycles. The summed E-state index contributed by atoms with van der Waals surface area (Å²) in [6.45, 7) is 4.52. The van der Waals surface area contributed by atoms with E-state index in [0.717, 1.165) is 31.4 Å². The molecule has 0 spiro atoms. The molecule has 0 bridgehead atoms. The number of halogens is 1. The van der Waals surface area contributed by atoms with Crippen molar-refractivity contribution in [2.75, 3.05) is 5.32 Å². The Bertz CT molecular complexity index is 486. The van der Waals surface area contributed by atoms with Crippen LogP contribution in [-0.4, -0.2) is 11.4 Å². The van der Waals surface area contributed by atoms with Gasteiger partial charge in [0.2, 0.25) is 5.91 Å². The monoisotopic (exact) mass is 308 g/mol. The molecule has 1 amide bonds. The fourth-order valence-corrected chi connectivity index (χ4v) is 3.40. The highest BCUT2D eigenvalue weighted by Crippen LogP contribution is 2.36. The van der Waals surface area contributed by atoms with Crippen LogP contribution in [0.25, 0.3) is 0 Å². The first-order valence-electron chi connectivity index (χ1n) is 7.76. The molecule has 0 heterocycles. The van der Waals surface area contributed by atoms with Crippen LogP contribution < -0.4 is 11.1 Å². The molecule has 3 nitrogen and oxygen atoms in total. The Kier molecular flexibility index (Phi) is 5.15. The maximum atomic E-state index is 12.1. The molecule has 3 N–H and O–H groups in total. The van der Waals surface area contributed by atoms with E-state index in [4.69, 9.17) is 17.3 Å². The summed E-state index contributed by atoms with van der Waals surface area (Å²) in [6.07, 6.45) is 4.85. The summed E-state index contributed by atoms with van der Waals surface area (Å²) in [4.78, 5) is 12.1. The number of hydrogen-bond acceptors (Lipinski definition) is 2. The Morgan fingerprint density at radius 3 is 2.52 bits per heavy atom. The Morgan fingerprint density at radius 1 is 1.29 bits per heavy atom. The van der Waals surface area contributed by atoms with Gasteiger partial charge in [0.1, 0.15) is 5.54 Å². The molecule has 0 radical (unpaired) electrons. The SMILES string of the molecule is CC(C)C1CCCC(Nc2ccc(Cl)cc2)(C(N)=O)CC1. The van der Waals surface area contributed by atoms with E-state index < -0.39 is 5.54 Å². The van der Waals surface area contributed by atoms with Crippen LogP contribution in [0, 0.1) is 11.8 Å². The number of primary amides is 1. The molecule has 4 heteroatoms. The van der Waals surface area contributed by atoms with E-state index in [1.54, 1.807) is 0 Å². The zero-order valence-electron chi connectivity index (χ0n) is 12.9. The Hall–Kier alpha value is -1.22. The van der Waals surface area contributed by atoms with Gasteiger partial charge in [-0.15, -0.1) is 0 Å². The summed E-state index contributed by atoms with van der Waals surface area (Å²) in [5.74, 6) is 1.09. The van der Waals surface area contributed by atoms with E-state index in [2.05, 4.69) is 19.2 Å². The normalized spacial score (nSPS) is 26.4. The van der Waals surface area contributed by atoms with Gasteiger partial charge in [-0.1, -0.05) is 38.3 Å². The zero-order chi connectivity index (χ0) is 15.5. The Morgan fingerprint density at radius 2 is 1.95 bits per heavy atom. The van der Waals surface area contributed by atoms with Crippen LogP contribution in [0.5, 0.6) is 0 Å². The van der Waals surface area contributed by atoms with Gasteiger partial charge in [-0.2, -0.15) is 0 Å². The largest absolute Gasteiger partial charge is 0.371 e. The van der Waals surface area contributed by atoms with Gasteiger partial charge in [0, 0.05) is 10.7 Å². The summed E-state index contributed by atoms with van der Waals surface area (Å²) in [7, 11) is 0. The molecule has 21 heavy (non-hydrogen) atoms. The number of nitrogens with two attached hydrogens (primary N) is 1. The number of anilines is 1. The van der Waals surface area contributed by atoms with Crippen molar-refractivity contribution in [3.8, 4) is 0 Å². The average Bonchev–Trinajstić information content (AvgIpc) is 2.65. The number of rotatable bonds is 4. The number of amides is 1. The molecule has 1 aromatic carbocycles. The minimum absolute atomic E-state index is 0.248. The fraction of sp³-hybridized carbons (Fsp3) is 0.588. The van der Waals surface area contributed by atoms with Crippen LogP contribution in [0.1, 0.15) is 46.0 Å². The first-order valence-corrected chi connectivity index (χ1v) is 8.14. The third kappa shape index (κ3) is 3.91.